The molecule has 3 rings (SSSR count). The second-order valence-corrected chi connectivity index (χ2v) is 6.81. The van der Waals surface area contributed by atoms with E-state index < -0.39 is 17.7 Å². The van der Waals surface area contributed by atoms with Crippen LogP contribution in [0.2, 0.25) is 5.02 Å². The van der Waals surface area contributed by atoms with Gasteiger partial charge >= 0.3 is 6.03 Å². The fraction of sp³-hybridized carbons (Fsp3) is 0.158. The summed E-state index contributed by atoms with van der Waals surface area (Å²) in [6.07, 6.45) is 0. The van der Waals surface area contributed by atoms with Gasteiger partial charge in [-0.15, -0.1) is 0 Å². The molecule has 0 saturated carbocycles. The molecule has 0 spiro atoms. The molecule has 0 saturated heterocycles. The van der Waals surface area contributed by atoms with Crippen molar-refractivity contribution in [2.24, 2.45) is 0 Å². The smallest absolute Gasteiger partial charge is 0.319 e. The summed E-state index contributed by atoms with van der Waals surface area (Å²) in [5, 5.41) is 10.1. The molecular weight excluding hydrogens is 388 g/mol. The zero-order valence-electron chi connectivity index (χ0n) is 15.1. The van der Waals surface area contributed by atoms with Gasteiger partial charge in [0.05, 0.1) is 0 Å². The monoisotopic (exact) mass is 405 g/mol. The van der Waals surface area contributed by atoms with E-state index >= 15 is 0 Å². The minimum Gasteiger partial charge on any atom is -0.382 e. The Bertz CT molecular complexity index is 1020. The van der Waals surface area contributed by atoms with Gasteiger partial charge in [-0.1, -0.05) is 23.7 Å². The molecule has 9 heteroatoms. The molecule has 3 aromatic rings. The molecule has 6 nitrogen and oxygen atoms in total. The number of nitrogen functional groups attached to an aromatic ring is 1. The molecule has 28 heavy (non-hydrogen) atoms. The summed E-state index contributed by atoms with van der Waals surface area (Å²) < 4.78 is 29.0. The van der Waals surface area contributed by atoms with E-state index in [1.807, 2.05) is 0 Å². The third kappa shape index (κ3) is 4.07. The molecule has 0 unspecified atom stereocenters. The Morgan fingerprint density at radius 2 is 1.86 bits per heavy atom. The third-order valence-electron chi connectivity index (χ3n) is 3.83. The van der Waals surface area contributed by atoms with Gasteiger partial charge in [-0.05, 0) is 38.1 Å². The number of benzene rings is 2. The number of carbonyl (C=O) groups excluding carboxylic acids is 1. The van der Waals surface area contributed by atoms with Crippen molar-refractivity contribution in [3.8, 4) is 16.9 Å². The Kier molecular flexibility index (Phi) is 5.51. The average molecular weight is 406 g/mol. The first kappa shape index (κ1) is 19.6. The van der Waals surface area contributed by atoms with Crippen molar-refractivity contribution in [1.29, 1.82) is 0 Å². The van der Waals surface area contributed by atoms with Gasteiger partial charge in [0.25, 0.3) is 0 Å². The molecule has 0 aliphatic carbocycles. The van der Waals surface area contributed by atoms with Crippen molar-refractivity contribution in [2.45, 2.75) is 19.9 Å². The predicted molar refractivity (Wildman–Crippen MR) is 106 cm³/mol. The Balaban J connectivity index is 2.15. The second-order valence-electron chi connectivity index (χ2n) is 6.38. The highest BCUT2D eigenvalue weighted by Gasteiger charge is 2.22. The lowest BCUT2D eigenvalue weighted by molar-refractivity contribution is 0.250. The van der Waals surface area contributed by atoms with Gasteiger partial charge in [0.15, 0.2) is 5.82 Å². The second kappa shape index (κ2) is 7.85. The number of nitrogens with one attached hydrogen (secondary N) is 2. The maximum absolute atomic E-state index is 14.3. The first-order valence-corrected chi connectivity index (χ1v) is 8.81. The largest absolute Gasteiger partial charge is 0.382 e. The first-order valence-electron chi connectivity index (χ1n) is 8.43. The maximum Gasteiger partial charge on any atom is 0.319 e. The molecule has 1 heterocycles. The number of hydrogen-bond acceptors (Lipinski definition) is 3. The van der Waals surface area contributed by atoms with Crippen LogP contribution in [0.1, 0.15) is 13.8 Å². The van der Waals surface area contributed by atoms with Crippen molar-refractivity contribution in [3.63, 3.8) is 0 Å². The Labute approximate surface area is 165 Å². The number of rotatable bonds is 4. The van der Waals surface area contributed by atoms with E-state index in [2.05, 4.69) is 15.7 Å². The molecular formula is C19H18ClF2N5O. The van der Waals surface area contributed by atoms with Crippen LogP contribution in [0.15, 0.2) is 42.5 Å². The maximum atomic E-state index is 14.3. The standard InChI is InChI=1S/C19H18ClF2N5O/c1-10(2)24-19(28)25-17-16(11-3-5-12(20)6-4-11)26-27(18(17)23)15-9-13(21)7-8-14(15)22/h3-10H,23H2,1-2H3,(H2,24,25,28). The van der Waals surface area contributed by atoms with E-state index in [4.69, 9.17) is 17.3 Å². The number of aromatic nitrogens is 2. The highest BCUT2D eigenvalue weighted by atomic mass is 35.5. The summed E-state index contributed by atoms with van der Waals surface area (Å²) in [6.45, 7) is 3.60. The van der Waals surface area contributed by atoms with E-state index in [1.54, 1.807) is 38.1 Å². The Morgan fingerprint density at radius 3 is 2.50 bits per heavy atom. The van der Waals surface area contributed by atoms with Crippen molar-refractivity contribution in [3.05, 3.63) is 59.1 Å². The molecule has 4 N–H and O–H groups in total. The highest BCUT2D eigenvalue weighted by Crippen LogP contribution is 2.35. The van der Waals surface area contributed by atoms with Crippen LogP contribution in [-0.2, 0) is 0 Å². The van der Waals surface area contributed by atoms with Crippen LogP contribution in [-0.4, -0.2) is 21.9 Å². The normalized spacial score (nSPS) is 10.9. The van der Waals surface area contributed by atoms with Crippen molar-refractivity contribution >= 4 is 29.1 Å². The van der Waals surface area contributed by atoms with Gasteiger partial charge in [0.2, 0.25) is 0 Å². The molecule has 2 amide bonds. The van der Waals surface area contributed by atoms with Gasteiger partial charge in [0.1, 0.15) is 28.7 Å². The fourth-order valence-electron chi connectivity index (χ4n) is 2.61. The van der Waals surface area contributed by atoms with Gasteiger partial charge in [-0.2, -0.15) is 5.10 Å². The number of carbonyl (C=O) groups is 1. The average Bonchev–Trinajstić information content (AvgIpc) is 2.94. The molecule has 0 atom stereocenters. The van der Waals surface area contributed by atoms with Crippen molar-refractivity contribution in [2.75, 3.05) is 11.1 Å². The topological polar surface area (TPSA) is 85.0 Å². The van der Waals surface area contributed by atoms with Crippen LogP contribution in [0.3, 0.4) is 0 Å². The molecule has 0 fully saturated rings. The molecule has 1 aromatic heterocycles. The SMILES string of the molecule is CC(C)NC(=O)Nc1c(-c2ccc(Cl)cc2)nn(-c2cc(F)ccc2F)c1N. The number of urea groups is 1. The number of anilines is 2. The van der Waals surface area contributed by atoms with Crippen LogP contribution in [0.25, 0.3) is 16.9 Å². The quantitative estimate of drug-likeness (QED) is 0.593. The summed E-state index contributed by atoms with van der Waals surface area (Å²) in [5.74, 6) is -1.41. The van der Waals surface area contributed by atoms with E-state index in [0.29, 0.717) is 10.6 Å². The third-order valence-corrected chi connectivity index (χ3v) is 4.09. The Morgan fingerprint density at radius 1 is 1.18 bits per heavy atom. The molecule has 0 aliphatic rings. The van der Waals surface area contributed by atoms with Gasteiger partial charge in [-0.25, -0.2) is 18.3 Å². The minimum absolute atomic E-state index is 0.0478. The summed E-state index contributed by atoms with van der Waals surface area (Å²) in [7, 11) is 0. The Hall–Kier alpha value is -3.13. The van der Waals surface area contributed by atoms with Crippen LogP contribution in [0.4, 0.5) is 25.1 Å². The minimum atomic E-state index is -0.712. The van der Waals surface area contributed by atoms with Crippen LogP contribution < -0.4 is 16.4 Å². The lowest BCUT2D eigenvalue weighted by Gasteiger charge is -2.11. The zero-order chi connectivity index (χ0) is 20.4. The molecule has 0 bridgehead atoms. The lowest BCUT2D eigenvalue weighted by atomic mass is 10.1. The van der Waals surface area contributed by atoms with E-state index in [1.165, 1.54) is 0 Å². The molecule has 146 valence electrons. The van der Waals surface area contributed by atoms with Gasteiger partial charge < -0.3 is 16.4 Å². The first-order chi connectivity index (χ1) is 13.3. The molecule has 2 aromatic carbocycles. The van der Waals surface area contributed by atoms with E-state index in [0.717, 1.165) is 22.9 Å². The fourth-order valence-corrected chi connectivity index (χ4v) is 2.73. The predicted octanol–water partition coefficient (Wildman–Crippen LogP) is 4.58. The van der Waals surface area contributed by atoms with Crippen molar-refractivity contribution < 1.29 is 13.6 Å². The molecule has 0 aliphatic heterocycles. The molecule has 0 radical (unpaired) electrons. The van der Waals surface area contributed by atoms with Crippen LogP contribution in [0, 0.1) is 11.6 Å². The highest BCUT2D eigenvalue weighted by molar-refractivity contribution is 6.30. The number of nitrogens with zero attached hydrogens (tertiary/aromatic N) is 2. The lowest BCUT2D eigenvalue weighted by Crippen LogP contribution is -2.34. The summed E-state index contributed by atoms with van der Waals surface area (Å²) >= 11 is 5.93. The van der Waals surface area contributed by atoms with Gasteiger partial charge in [0, 0.05) is 22.7 Å². The van der Waals surface area contributed by atoms with Crippen LogP contribution >= 0.6 is 11.6 Å². The zero-order valence-corrected chi connectivity index (χ0v) is 15.9. The number of hydrogen-bond donors (Lipinski definition) is 3. The number of nitrogens with two attached hydrogens (primary N) is 1. The van der Waals surface area contributed by atoms with E-state index in [-0.39, 0.29) is 28.9 Å². The van der Waals surface area contributed by atoms with Crippen molar-refractivity contribution in [1.82, 2.24) is 15.1 Å². The number of halogens is 3. The summed E-state index contributed by atoms with van der Waals surface area (Å²) in [6, 6.07) is 8.98. The van der Waals surface area contributed by atoms with Gasteiger partial charge in [-0.3, -0.25) is 0 Å². The summed E-state index contributed by atoms with van der Waals surface area (Å²) in [4.78, 5) is 12.2. The van der Waals surface area contributed by atoms with E-state index in [9.17, 15) is 13.6 Å². The summed E-state index contributed by atoms with van der Waals surface area (Å²) in [5.41, 5.74) is 7.02. The number of amides is 2. The van der Waals surface area contributed by atoms with Crippen LogP contribution in [0.5, 0.6) is 0 Å².